The van der Waals surface area contributed by atoms with Crippen LogP contribution in [0.3, 0.4) is 0 Å². The maximum atomic E-state index is 13.1. The molecule has 3 rings (SSSR count). The highest BCUT2D eigenvalue weighted by atomic mass is 16.3. The van der Waals surface area contributed by atoms with Gasteiger partial charge in [0.25, 0.3) is 0 Å². The molecule has 0 amide bonds. The Labute approximate surface area is 125 Å². The van der Waals surface area contributed by atoms with Crippen molar-refractivity contribution >= 4 is 16.8 Å². The van der Waals surface area contributed by atoms with Crippen LogP contribution in [-0.4, -0.2) is 18.9 Å². The normalized spacial score (nSPS) is 22.6. The molecule has 1 atom stereocenters. The number of ketones is 1. The van der Waals surface area contributed by atoms with Crippen molar-refractivity contribution in [3.05, 3.63) is 35.6 Å². The lowest BCUT2D eigenvalue weighted by Gasteiger charge is -2.35. The van der Waals surface area contributed by atoms with E-state index >= 15 is 0 Å². The molecule has 0 radical (unpaired) electrons. The fourth-order valence-corrected chi connectivity index (χ4v) is 3.55. The minimum atomic E-state index is -0.283. The van der Waals surface area contributed by atoms with Gasteiger partial charge in [-0.2, -0.15) is 0 Å². The van der Waals surface area contributed by atoms with Gasteiger partial charge in [-0.25, -0.2) is 0 Å². The number of nitrogens with one attached hydrogen (secondary N) is 1. The Morgan fingerprint density at radius 2 is 2.29 bits per heavy atom. The Morgan fingerprint density at radius 3 is 2.95 bits per heavy atom. The second-order valence-electron chi connectivity index (χ2n) is 6.24. The highest BCUT2D eigenvalue weighted by Gasteiger charge is 2.40. The molecule has 1 saturated heterocycles. The number of hydrogen-bond acceptors (Lipinski definition) is 3. The number of fused-ring (bicyclic) bond motifs is 1. The van der Waals surface area contributed by atoms with Crippen LogP contribution in [0.25, 0.3) is 11.0 Å². The first-order valence-corrected chi connectivity index (χ1v) is 7.91. The van der Waals surface area contributed by atoms with Crippen molar-refractivity contribution in [1.82, 2.24) is 5.32 Å². The minimum Gasteiger partial charge on any atom is -0.453 e. The van der Waals surface area contributed by atoms with Gasteiger partial charge in [0, 0.05) is 17.3 Å². The molecular formula is C18H23NO2. The average Bonchev–Trinajstić information content (AvgIpc) is 2.93. The molecule has 1 unspecified atom stereocenters. The molecule has 1 aromatic heterocycles. The topological polar surface area (TPSA) is 42.2 Å². The predicted octanol–water partition coefficient (Wildman–Crippen LogP) is 4.09. The first kappa shape index (κ1) is 14.3. The first-order valence-electron chi connectivity index (χ1n) is 7.91. The summed E-state index contributed by atoms with van der Waals surface area (Å²) in [5.74, 6) is 0.698. The van der Waals surface area contributed by atoms with Gasteiger partial charge in [0.05, 0.1) is 0 Å². The van der Waals surface area contributed by atoms with Crippen molar-refractivity contribution in [3.8, 4) is 0 Å². The third-order valence-corrected chi connectivity index (χ3v) is 4.65. The second kappa shape index (κ2) is 5.64. The number of piperidine rings is 1. The summed E-state index contributed by atoms with van der Waals surface area (Å²) in [5.41, 5.74) is 1.64. The lowest BCUT2D eigenvalue weighted by Crippen LogP contribution is -2.45. The molecule has 1 aliphatic rings. The summed E-state index contributed by atoms with van der Waals surface area (Å²) in [6, 6.07) is 7.94. The summed E-state index contributed by atoms with van der Waals surface area (Å²) >= 11 is 0. The number of rotatable bonds is 4. The van der Waals surface area contributed by atoms with Crippen LogP contribution in [0.1, 0.15) is 48.7 Å². The van der Waals surface area contributed by atoms with E-state index in [0.29, 0.717) is 5.76 Å². The van der Waals surface area contributed by atoms with E-state index in [1.54, 1.807) is 0 Å². The van der Waals surface area contributed by atoms with Crippen LogP contribution in [0.2, 0.25) is 0 Å². The third kappa shape index (κ3) is 2.51. The summed E-state index contributed by atoms with van der Waals surface area (Å²) in [6.07, 6.45) is 3.97. The Morgan fingerprint density at radius 1 is 1.43 bits per heavy atom. The quantitative estimate of drug-likeness (QED) is 0.860. The first-order chi connectivity index (χ1) is 10.2. The molecule has 3 heteroatoms. The lowest BCUT2D eigenvalue weighted by molar-refractivity contribution is 0.0689. The van der Waals surface area contributed by atoms with E-state index in [4.69, 9.17) is 4.42 Å². The zero-order chi connectivity index (χ0) is 14.9. The molecule has 21 heavy (non-hydrogen) atoms. The largest absolute Gasteiger partial charge is 0.453 e. The van der Waals surface area contributed by atoms with Gasteiger partial charge in [0.15, 0.2) is 5.76 Å². The van der Waals surface area contributed by atoms with Gasteiger partial charge in [0.2, 0.25) is 5.78 Å². The molecule has 2 heterocycles. The SMILES string of the molecule is CCCC1(C(=O)c2cc3cccc(C)c3o2)CCCNC1. The van der Waals surface area contributed by atoms with Crippen LogP contribution in [0.15, 0.2) is 28.7 Å². The molecule has 2 aromatic rings. The maximum absolute atomic E-state index is 13.1. The summed E-state index contributed by atoms with van der Waals surface area (Å²) in [4.78, 5) is 13.1. The van der Waals surface area contributed by atoms with E-state index in [1.165, 1.54) is 0 Å². The molecule has 1 aromatic carbocycles. The average molecular weight is 285 g/mol. The second-order valence-corrected chi connectivity index (χ2v) is 6.24. The van der Waals surface area contributed by atoms with Crippen molar-refractivity contribution < 1.29 is 9.21 Å². The van der Waals surface area contributed by atoms with Gasteiger partial charge < -0.3 is 9.73 Å². The van der Waals surface area contributed by atoms with Crippen LogP contribution >= 0.6 is 0 Å². The number of carbonyl (C=O) groups excluding carboxylic acids is 1. The van der Waals surface area contributed by atoms with Crippen LogP contribution < -0.4 is 5.32 Å². The molecule has 3 nitrogen and oxygen atoms in total. The highest BCUT2D eigenvalue weighted by molar-refractivity contribution is 6.01. The van der Waals surface area contributed by atoms with Crippen molar-refractivity contribution in [2.75, 3.05) is 13.1 Å². The number of hydrogen-bond donors (Lipinski definition) is 1. The molecule has 0 aliphatic carbocycles. The van der Waals surface area contributed by atoms with Crippen LogP contribution in [0.4, 0.5) is 0 Å². The van der Waals surface area contributed by atoms with Gasteiger partial charge in [-0.05, 0) is 44.4 Å². The summed E-state index contributed by atoms with van der Waals surface area (Å²) < 4.78 is 5.91. The van der Waals surface area contributed by atoms with Gasteiger partial charge >= 0.3 is 0 Å². The molecule has 0 bridgehead atoms. The van der Waals surface area contributed by atoms with E-state index in [-0.39, 0.29) is 11.2 Å². The summed E-state index contributed by atoms with van der Waals surface area (Å²) in [5, 5.41) is 4.42. The highest BCUT2D eigenvalue weighted by Crippen LogP contribution is 2.37. The van der Waals surface area contributed by atoms with Crippen molar-refractivity contribution in [2.24, 2.45) is 5.41 Å². The van der Waals surface area contributed by atoms with Crippen LogP contribution in [-0.2, 0) is 0 Å². The Hall–Kier alpha value is -1.61. The monoisotopic (exact) mass is 285 g/mol. The number of aryl methyl sites for hydroxylation is 1. The predicted molar refractivity (Wildman–Crippen MR) is 84.7 cm³/mol. The van der Waals surface area contributed by atoms with Crippen LogP contribution in [0.5, 0.6) is 0 Å². The molecule has 1 aliphatic heterocycles. The summed E-state index contributed by atoms with van der Waals surface area (Å²) in [7, 11) is 0. The number of Topliss-reactive ketones (excluding diaryl/α,β-unsaturated/α-hetero) is 1. The maximum Gasteiger partial charge on any atom is 0.205 e. The molecule has 1 fully saturated rings. The van der Waals surface area contributed by atoms with Gasteiger partial charge in [-0.15, -0.1) is 0 Å². The van der Waals surface area contributed by atoms with Crippen LogP contribution in [0, 0.1) is 12.3 Å². The van der Waals surface area contributed by atoms with Crippen molar-refractivity contribution in [3.63, 3.8) is 0 Å². The third-order valence-electron chi connectivity index (χ3n) is 4.65. The van der Waals surface area contributed by atoms with Crippen molar-refractivity contribution in [1.29, 1.82) is 0 Å². The zero-order valence-corrected chi connectivity index (χ0v) is 12.9. The van der Waals surface area contributed by atoms with Crippen molar-refractivity contribution in [2.45, 2.75) is 39.5 Å². The molecule has 112 valence electrons. The standard InChI is InChI=1S/C18H23NO2/c1-3-8-18(9-5-10-19-12-18)17(20)15-11-14-7-4-6-13(2)16(14)21-15/h4,6-7,11,19H,3,5,8-10,12H2,1-2H3. The summed E-state index contributed by atoms with van der Waals surface area (Å²) in [6.45, 7) is 5.95. The minimum absolute atomic E-state index is 0.173. The smallest absolute Gasteiger partial charge is 0.205 e. The zero-order valence-electron chi connectivity index (χ0n) is 12.9. The van der Waals surface area contributed by atoms with E-state index in [0.717, 1.165) is 55.3 Å². The fraction of sp³-hybridized carbons (Fsp3) is 0.500. The molecule has 0 saturated carbocycles. The van der Waals surface area contributed by atoms with E-state index in [2.05, 4.69) is 12.2 Å². The Bertz CT molecular complexity index is 645. The number of benzene rings is 1. The van der Waals surface area contributed by atoms with Gasteiger partial charge in [-0.3, -0.25) is 4.79 Å². The van der Waals surface area contributed by atoms with Gasteiger partial charge in [0.1, 0.15) is 5.58 Å². The molecular weight excluding hydrogens is 262 g/mol. The van der Waals surface area contributed by atoms with E-state index in [1.807, 2.05) is 31.2 Å². The molecule has 0 spiro atoms. The number of para-hydroxylation sites is 1. The van der Waals surface area contributed by atoms with E-state index in [9.17, 15) is 4.79 Å². The Balaban J connectivity index is 1.99. The molecule has 1 N–H and O–H groups in total. The Kier molecular flexibility index (Phi) is 3.85. The van der Waals surface area contributed by atoms with Gasteiger partial charge in [-0.1, -0.05) is 31.5 Å². The number of carbonyl (C=O) groups is 1. The number of furan rings is 1. The lowest BCUT2D eigenvalue weighted by atomic mass is 9.73. The van der Waals surface area contributed by atoms with E-state index < -0.39 is 0 Å². The fourth-order valence-electron chi connectivity index (χ4n) is 3.55.